The minimum absolute atomic E-state index is 0.211. The van der Waals surface area contributed by atoms with Gasteiger partial charge in [0.25, 0.3) is 0 Å². The van der Waals surface area contributed by atoms with Crippen molar-refractivity contribution in [3.63, 3.8) is 0 Å². The second-order valence-corrected chi connectivity index (χ2v) is 6.33. The SMILES string of the molecule is C[C@@H]([C@@](C)(F)c1ncc(Br)cn1)S(N)(=O)=O. The summed E-state index contributed by atoms with van der Waals surface area (Å²) < 4.78 is 37.0. The highest BCUT2D eigenvalue weighted by Crippen LogP contribution is 2.29. The van der Waals surface area contributed by atoms with Gasteiger partial charge in [-0.05, 0) is 29.8 Å². The number of nitrogens with two attached hydrogens (primary N) is 1. The summed E-state index contributed by atoms with van der Waals surface area (Å²) in [6.45, 7) is 2.27. The smallest absolute Gasteiger partial charge is 0.215 e. The third-order valence-electron chi connectivity index (χ3n) is 2.31. The molecule has 0 fully saturated rings. The maximum Gasteiger partial charge on any atom is 0.215 e. The molecule has 2 atom stereocenters. The van der Waals surface area contributed by atoms with Crippen LogP contribution in [0.5, 0.6) is 0 Å². The molecule has 0 saturated heterocycles. The summed E-state index contributed by atoms with van der Waals surface area (Å²) in [5.74, 6) is -0.211. The number of rotatable bonds is 3. The number of sulfonamides is 1. The molecule has 1 heterocycles. The molecule has 0 aliphatic carbocycles. The number of alkyl halides is 1. The van der Waals surface area contributed by atoms with E-state index < -0.39 is 20.9 Å². The van der Waals surface area contributed by atoms with Gasteiger partial charge in [-0.25, -0.2) is 27.9 Å². The first-order chi connectivity index (χ1) is 7.15. The molecule has 0 aliphatic rings. The zero-order chi connectivity index (χ0) is 12.6. The standard InChI is InChI=1S/C8H11BrFN3O2S/c1-5(16(11,14)15)8(2,10)7-12-3-6(9)4-13-7/h3-5H,1-2H3,(H2,11,14,15)/t5-,8+/m0/s1. The topological polar surface area (TPSA) is 85.9 Å². The lowest BCUT2D eigenvalue weighted by atomic mass is 10.0. The third kappa shape index (κ3) is 2.74. The van der Waals surface area contributed by atoms with Crippen molar-refractivity contribution in [1.29, 1.82) is 0 Å². The van der Waals surface area contributed by atoms with Gasteiger partial charge in [0, 0.05) is 12.4 Å². The Kier molecular flexibility index (Phi) is 3.65. The molecule has 1 rings (SSSR count). The van der Waals surface area contributed by atoms with E-state index in [-0.39, 0.29) is 5.82 Å². The second-order valence-electron chi connectivity index (χ2n) is 3.53. The molecule has 5 nitrogen and oxygen atoms in total. The summed E-state index contributed by atoms with van der Waals surface area (Å²) in [5, 5.41) is 3.48. The van der Waals surface area contributed by atoms with Crippen LogP contribution in [0, 0.1) is 0 Å². The lowest BCUT2D eigenvalue weighted by Crippen LogP contribution is -2.41. The Hall–Kier alpha value is -0.600. The van der Waals surface area contributed by atoms with Crippen molar-refractivity contribution in [2.24, 2.45) is 5.14 Å². The van der Waals surface area contributed by atoms with Crippen molar-refractivity contribution in [3.05, 3.63) is 22.7 Å². The molecule has 16 heavy (non-hydrogen) atoms. The summed E-state index contributed by atoms with van der Waals surface area (Å²) in [6.07, 6.45) is 2.69. The molecular formula is C8H11BrFN3O2S. The van der Waals surface area contributed by atoms with E-state index in [9.17, 15) is 12.8 Å². The van der Waals surface area contributed by atoms with E-state index in [0.717, 1.165) is 6.92 Å². The van der Waals surface area contributed by atoms with Crippen LogP contribution in [-0.4, -0.2) is 23.6 Å². The van der Waals surface area contributed by atoms with Crippen molar-refractivity contribution in [1.82, 2.24) is 9.97 Å². The first kappa shape index (κ1) is 13.5. The Bertz CT molecular complexity index is 475. The lowest BCUT2D eigenvalue weighted by Gasteiger charge is -2.24. The highest BCUT2D eigenvalue weighted by molar-refractivity contribution is 9.10. The minimum atomic E-state index is -3.99. The van der Waals surface area contributed by atoms with Crippen molar-refractivity contribution in [3.8, 4) is 0 Å². The molecule has 2 N–H and O–H groups in total. The van der Waals surface area contributed by atoms with E-state index in [0.29, 0.717) is 4.47 Å². The molecule has 0 spiro atoms. The van der Waals surface area contributed by atoms with Crippen LogP contribution in [0.15, 0.2) is 16.9 Å². The van der Waals surface area contributed by atoms with Crippen LogP contribution >= 0.6 is 15.9 Å². The van der Waals surface area contributed by atoms with E-state index in [1.54, 1.807) is 0 Å². The maximum atomic E-state index is 14.2. The van der Waals surface area contributed by atoms with Crippen molar-refractivity contribution in [2.45, 2.75) is 24.8 Å². The molecule has 0 amide bonds. The summed E-state index contributed by atoms with van der Waals surface area (Å²) in [4.78, 5) is 7.46. The molecule has 0 radical (unpaired) electrons. The molecule has 1 aromatic rings. The van der Waals surface area contributed by atoms with Crippen LogP contribution in [0.4, 0.5) is 4.39 Å². The van der Waals surface area contributed by atoms with Crippen LogP contribution in [0.3, 0.4) is 0 Å². The highest BCUT2D eigenvalue weighted by Gasteiger charge is 2.42. The molecule has 0 bridgehead atoms. The normalized spacial score (nSPS) is 17.8. The van der Waals surface area contributed by atoms with E-state index in [4.69, 9.17) is 5.14 Å². The van der Waals surface area contributed by atoms with Crippen LogP contribution in [0.1, 0.15) is 19.7 Å². The monoisotopic (exact) mass is 311 g/mol. The largest absolute Gasteiger partial charge is 0.237 e. The van der Waals surface area contributed by atoms with Crippen molar-refractivity contribution in [2.75, 3.05) is 0 Å². The molecular weight excluding hydrogens is 301 g/mol. The van der Waals surface area contributed by atoms with E-state index >= 15 is 0 Å². The quantitative estimate of drug-likeness (QED) is 0.905. The Labute approximate surface area is 101 Å². The Morgan fingerprint density at radius 2 is 1.94 bits per heavy atom. The summed E-state index contributed by atoms with van der Waals surface area (Å²) >= 11 is 3.10. The van der Waals surface area contributed by atoms with E-state index in [2.05, 4.69) is 25.9 Å². The molecule has 0 aliphatic heterocycles. The molecule has 0 saturated carbocycles. The Morgan fingerprint density at radius 1 is 1.50 bits per heavy atom. The number of aromatic nitrogens is 2. The Balaban J connectivity index is 3.16. The van der Waals surface area contributed by atoms with Crippen LogP contribution in [0.2, 0.25) is 0 Å². The summed E-state index contributed by atoms with van der Waals surface area (Å²) in [5.41, 5.74) is -2.23. The van der Waals surface area contributed by atoms with Gasteiger partial charge in [-0.3, -0.25) is 0 Å². The van der Waals surface area contributed by atoms with E-state index in [1.165, 1.54) is 19.3 Å². The van der Waals surface area contributed by atoms with Gasteiger partial charge in [0.05, 0.1) is 4.47 Å². The number of primary sulfonamides is 1. The maximum absolute atomic E-state index is 14.2. The fourth-order valence-electron chi connectivity index (χ4n) is 1.06. The lowest BCUT2D eigenvalue weighted by molar-refractivity contribution is 0.174. The van der Waals surface area contributed by atoms with Gasteiger partial charge in [-0.15, -0.1) is 0 Å². The summed E-state index contributed by atoms with van der Waals surface area (Å²) in [6, 6.07) is 0. The zero-order valence-electron chi connectivity index (χ0n) is 8.68. The Morgan fingerprint density at radius 3 is 2.31 bits per heavy atom. The fourth-order valence-corrected chi connectivity index (χ4v) is 1.98. The number of nitrogens with zero attached hydrogens (tertiary/aromatic N) is 2. The first-order valence-corrected chi connectivity index (χ1v) is 6.74. The van der Waals surface area contributed by atoms with Crippen LogP contribution < -0.4 is 5.14 Å². The van der Waals surface area contributed by atoms with Crippen LogP contribution in [-0.2, 0) is 15.7 Å². The molecule has 8 heteroatoms. The average molecular weight is 312 g/mol. The molecule has 1 aromatic heterocycles. The number of hydrogen-bond donors (Lipinski definition) is 1. The highest BCUT2D eigenvalue weighted by atomic mass is 79.9. The van der Waals surface area contributed by atoms with Gasteiger partial charge in [-0.1, -0.05) is 0 Å². The fraction of sp³-hybridized carbons (Fsp3) is 0.500. The predicted molar refractivity (Wildman–Crippen MR) is 60.8 cm³/mol. The molecule has 0 unspecified atom stereocenters. The van der Waals surface area contributed by atoms with Crippen LogP contribution in [0.25, 0.3) is 0 Å². The summed E-state index contributed by atoms with van der Waals surface area (Å²) in [7, 11) is -3.99. The van der Waals surface area contributed by atoms with Gasteiger partial charge in [0.2, 0.25) is 10.0 Å². The van der Waals surface area contributed by atoms with Gasteiger partial charge in [-0.2, -0.15) is 0 Å². The van der Waals surface area contributed by atoms with Crippen molar-refractivity contribution < 1.29 is 12.8 Å². The zero-order valence-corrected chi connectivity index (χ0v) is 11.1. The minimum Gasteiger partial charge on any atom is -0.237 e. The second kappa shape index (κ2) is 4.34. The van der Waals surface area contributed by atoms with Gasteiger partial charge in [0.15, 0.2) is 11.5 Å². The van der Waals surface area contributed by atoms with E-state index in [1.807, 2.05) is 0 Å². The molecule has 90 valence electrons. The number of halogens is 2. The van der Waals surface area contributed by atoms with Crippen molar-refractivity contribution >= 4 is 26.0 Å². The molecule has 0 aromatic carbocycles. The first-order valence-electron chi connectivity index (χ1n) is 4.34. The predicted octanol–water partition coefficient (Wildman–Crippen LogP) is 1.10. The average Bonchev–Trinajstić information content (AvgIpc) is 2.16. The third-order valence-corrected chi connectivity index (χ3v) is 4.15. The van der Waals surface area contributed by atoms with Gasteiger partial charge >= 0.3 is 0 Å². The van der Waals surface area contributed by atoms with Gasteiger partial charge < -0.3 is 0 Å². The number of hydrogen-bond acceptors (Lipinski definition) is 4. The van der Waals surface area contributed by atoms with Gasteiger partial charge in [0.1, 0.15) is 5.25 Å².